The minimum absolute atomic E-state index is 0.519. The van der Waals surface area contributed by atoms with E-state index in [0.29, 0.717) is 6.61 Å². The van der Waals surface area contributed by atoms with Gasteiger partial charge in [-0.25, -0.2) is 0 Å². The molecule has 3 aromatic carbocycles. The molecule has 3 N–H and O–H groups in total. The summed E-state index contributed by atoms with van der Waals surface area (Å²) in [4.78, 5) is 0. The van der Waals surface area contributed by atoms with Crippen molar-refractivity contribution in [2.45, 2.75) is 13.0 Å². The minimum Gasteiger partial charge on any atom is -0.489 e. The first kappa shape index (κ1) is 14.6. The van der Waals surface area contributed by atoms with Crippen molar-refractivity contribution in [1.29, 1.82) is 0 Å². The van der Waals surface area contributed by atoms with Crippen LogP contribution >= 0.6 is 0 Å². The molecule has 0 fully saturated rings. The summed E-state index contributed by atoms with van der Waals surface area (Å²) in [7, 11) is 0. The van der Waals surface area contributed by atoms with Gasteiger partial charge in [-0.1, -0.05) is 42.5 Å². The Kier molecular flexibility index (Phi) is 3.83. The number of hydrogen-bond donors (Lipinski definition) is 2. The predicted molar refractivity (Wildman–Crippen MR) is 99.3 cm³/mol. The number of rotatable bonds is 4. The second-order valence-corrected chi connectivity index (χ2v) is 6.07. The highest BCUT2D eigenvalue weighted by molar-refractivity contribution is 5.76. The van der Waals surface area contributed by atoms with E-state index in [1.165, 1.54) is 11.3 Å². The van der Waals surface area contributed by atoms with Gasteiger partial charge in [-0.15, -0.1) is 0 Å². The molecule has 0 saturated carbocycles. The maximum absolute atomic E-state index is 6.23. The van der Waals surface area contributed by atoms with Crippen LogP contribution < -0.4 is 15.8 Å². The molecule has 4 rings (SSSR count). The van der Waals surface area contributed by atoms with E-state index >= 15 is 0 Å². The molecule has 0 radical (unpaired) electrons. The number of benzene rings is 3. The molecule has 1 heterocycles. The molecule has 0 atom stereocenters. The molecule has 1 aliphatic heterocycles. The van der Waals surface area contributed by atoms with Crippen LogP contribution in [-0.4, -0.2) is 6.54 Å². The second kappa shape index (κ2) is 6.28. The Hall–Kier alpha value is -2.94. The van der Waals surface area contributed by atoms with Crippen molar-refractivity contribution in [2.24, 2.45) is 0 Å². The van der Waals surface area contributed by atoms with E-state index in [2.05, 4.69) is 41.7 Å². The lowest BCUT2D eigenvalue weighted by atomic mass is 10.0. The molecule has 1 aliphatic rings. The number of nitrogens with one attached hydrogen (secondary N) is 1. The summed E-state index contributed by atoms with van der Waals surface area (Å²) in [5, 5.41) is 3.36. The number of hydrogen-bond acceptors (Lipinski definition) is 3. The van der Waals surface area contributed by atoms with Crippen LogP contribution in [0.25, 0.3) is 11.1 Å². The first-order chi connectivity index (χ1) is 11.8. The van der Waals surface area contributed by atoms with Gasteiger partial charge in [-0.05, 0) is 47.4 Å². The molecule has 0 bridgehead atoms. The van der Waals surface area contributed by atoms with Crippen molar-refractivity contribution in [3.05, 3.63) is 77.9 Å². The van der Waals surface area contributed by atoms with Crippen LogP contribution in [0.3, 0.4) is 0 Å². The first-order valence-corrected chi connectivity index (χ1v) is 8.23. The highest BCUT2D eigenvalue weighted by Crippen LogP contribution is 2.29. The Morgan fingerprint density at radius 2 is 1.83 bits per heavy atom. The Morgan fingerprint density at radius 1 is 0.958 bits per heavy atom. The summed E-state index contributed by atoms with van der Waals surface area (Å²) in [6.45, 7) is 1.53. The molecule has 3 aromatic rings. The van der Waals surface area contributed by atoms with Gasteiger partial charge in [0, 0.05) is 23.5 Å². The molecular formula is C21H20N2O. The Bertz CT molecular complexity index is 859. The van der Waals surface area contributed by atoms with Gasteiger partial charge in [0.05, 0.1) is 0 Å². The molecule has 120 valence electrons. The van der Waals surface area contributed by atoms with E-state index in [9.17, 15) is 0 Å². The Labute approximate surface area is 142 Å². The van der Waals surface area contributed by atoms with Gasteiger partial charge in [-0.2, -0.15) is 0 Å². The second-order valence-electron chi connectivity index (χ2n) is 6.07. The van der Waals surface area contributed by atoms with Gasteiger partial charge in [0.25, 0.3) is 0 Å². The first-order valence-electron chi connectivity index (χ1n) is 8.23. The third kappa shape index (κ3) is 2.93. The maximum Gasteiger partial charge on any atom is 0.120 e. The number of ether oxygens (including phenoxy) is 1. The smallest absolute Gasteiger partial charge is 0.120 e. The molecule has 3 nitrogen and oxygen atoms in total. The van der Waals surface area contributed by atoms with E-state index in [-0.39, 0.29) is 0 Å². The van der Waals surface area contributed by atoms with E-state index < -0.39 is 0 Å². The molecule has 0 aromatic heterocycles. The van der Waals surface area contributed by atoms with Crippen LogP contribution in [0.1, 0.15) is 11.1 Å². The van der Waals surface area contributed by atoms with Crippen LogP contribution in [0.15, 0.2) is 66.7 Å². The van der Waals surface area contributed by atoms with Crippen molar-refractivity contribution < 1.29 is 4.74 Å². The fraction of sp³-hybridized carbons (Fsp3) is 0.143. The fourth-order valence-corrected chi connectivity index (χ4v) is 3.12. The van der Waals surface area contributed by atoms with Crippen molar-refractivity contribution in [1.82, 2.24) is 0 Å². The molecule has 3 heteroatoms. The summed E-state index contributed by atoms with van der Waals surface area (Å²) >= 11 is 0. The SMILES string of the molecule is Nc1cc(COc2ccc3c(c2)CCN3)ccc1-c1ccccc1. The Morgan fingerprint density at radius 3 is 2.67 bits per heavy atom. The highest BCUT2D eigenvalue weighted by Gasteiger charge is 2.10. The summed E-state index contributed by atoms with van der Waals surface area (Å²) in [6, 6.07) is 22.6. The zero-order chi connectivity index (χ0) is 16.4. The quantitative estimate of drug-likeness (QED) is 0.698. The maximum atomic E-state index is 6.23. The van der Waals surface area contributed by atoms with Gasteiger partial charge in [-0.3, -0.25) is 0 Å². The molecule has 24 heavy (non-hydrogen) atoms. The van der Waals surface area contributed by atoms with Gasteiger partial charge < -0.3 is 15.8 Å². The summed E-state index contributed by atoms with van der Waals surface area (Å²) < 4.78 is 5.93. The highest BCUT2D eigenvalue weighted by atomic mass is 16.5. The summed E-state index contributed by atoms with van der Waals surface area (Å²) in [6.07, 6.45) is 1.06. The molecule has 0 aliphatic carbocycles. The average Bonchev–Trinajstić information content (AvgIpc) is 3.08. The van der Waals surface area contributed by atoms with Crippen LogP contribution in [-0.2, 0) is 13.0 Å². The zero-order valence-electron chi connectivity index (χ0n) is 13.5. The average molecular weight is 316 g/mol. The standard InChI is InChI=1S/C21H20N2O/c22-20-12-15(6-8-19(20)16-4-2-1-3-5-16)14-24-18-7-9-21-17(13-18)10-11-23-21/h1-9,12-13,23H,10-11,14,22H2. The third-order valence-electron chi connectivity index (χ3n) is 4.39. The molecular weight excluding hydrogens is 296 g/mol. The normalized spacial score (nSPS) is 12.5. The summed E-state index contributed by atoms with van der Waals surface area (Å²) in [5.74, 6) is 0.906. The van der Waals surface area contributed by atoms with Crippen LogP contribution in [0.5, 0.6) is 5.75 Å². The van der Waals surface area contributed by atoms with Crippen molar-refractivity contribution in [3.8, 4) is 16.9 Å². The minimum atomic E-state index is 0.519. The lowest BCUT2D eigenvalue weighted by Crippen LogP contribution is -1.98. The van der Waals surface area contributed by atoms with Gasteiger partial charge in [0.1, 0.15) is 12.4 Å². The lowest BCUT2D eigenvalue weighted by Gasteiger charge is -2.11. The van der Waals surface area contributed by atoms with Gasteiger partial charge in [0.2, 0.25) is 0 Å². The molecule has 0 unspecified atom stereocenters. The molecule has 0 amide bonds. The molecule has 0 spiro atoms. The fourth-order valence-electron chi connectivity index (χ4n) is 3.12. The predicted octanol–water partition coefficient (Wildman–Crippen LogP) is 4.48. The molecule has 0 saturated heterocycles. The van der Waals surface area contributed by atoms with E-state index in [4.69, 9.17) is 10.5 Å². The van der Waals surface area contributed by atoms with Crippen LogP contribution in [0, 0.1) is 0 Å². The number of fused-ring (bicyclic) bond motifs is 1. The lowest BCUT2D eigenvalue weighted by molar-refractivity contribution is 0.306. The Balaban J connectivity index is 1.48. The van der Waals surface area contributed by atoms with E-state index in [0.717, 1.165) is 41.1 Å². The van der Waals surface area contributed by atoms with Crippen molar-refractivity contribution in [2.75, 3.05) is 17.6 Å². The van der Waals surface area contributed by atoms with Crippen molar-refractivity contribution >= 4 is 11.4 Å². The zero-order valence-corrected chi connectivity index (χ0v) is 13.5. The largest absolute Gasteiger partial charge is 0.489 e. The van der Waals surface area contributed by atoms with E-state index in [1.54, 1.807) is 0 Å². The van der Waals surface area contributed by atoms with E-state index in [1.807, 2.05) is 30.3 Å². The van der Waals surface area contributed by atoms with Gasteiger partial charge in [0.15, 0.2) is 0 Å². The number of nitrogens with two attached hydrogens (primary N) is 1. The number of anilines is 2. The monoisotopic (exact) mass is 316 g/mol. The summed E-state index contributed by atoms with van der Waals surface area (Å²) in [5.41, 5.74) is 12.8. The van der Waals surface area contributed by atoms with Crippen LogP contribution in [0.4, 0.5) is 11.4 Å². The van der Waals surface area contributed by atoms with Crippen LogP contribution in [0.2, 0.25) is 0 Å². The number of nitrogen functional groups attached to an aromatic ring is 1. The third-order valence-corrected chi connectivity index (χ3v) is 4.39. The van der Waals surface area contributed by atoms with Gasteiger partial charge >= 0.3 is 0 Å². The van der Waals surface area contributed by atoms with Crippen molar-refractivity contribution in [3.63, 3.8) is 0 Å². The topological polar surface area (TPSA) is 47.3 Å².